The third kappa shape index (κ3) is 3.58. The second kappa shape index (κ2) is 8.30. The van der Waals surface area contributed by atoms with Gasteiger partial charge in [-0.1, -0.05) is 60.7 Å². The average Bonchev–Trinajstić information content (AvgIpc) is 2.96. The fraction of sp³-hybridized carbons (Fsp3) is 0.375. The zero-order chi connectivity index (χ0) is 21.1. The summed E-state index contributed by atoms with van der Waals surface area (Å²) in [6.07, 6.45) is 1.30. The molecule has 2 heterocycles. The number of hydrogen-bond donors (Lipinski definition) is 0. The van der Waals surface area contributed by atoms with E-state index in [0.717, 1.165) is 11.1 Å². The van der Waals surface area contributed by atoms with Gasteiger partial charge < -0.3 is 9.80 Å². The number of imide groups is 1. The molecule has 2 aliphatic heterocycles. The molecule has 2 saturated heterocycles. The summed E-state index contributed by atoms with van der Waals surface area (Å²) in [6, 6.07) is 19.2. The number of piperidine rings is 1. The van der Waals surface area contributed by atoms with Crippen molar-refractivity contribution in [1.82, 2.24) is 14.7 Å². The number of likely N-dealkylation sites (N-methyl/N-ethyl adjacent to an activating group) is 1. The molecule has 30 heavy (non-hydrogen) atoms. The molecule has 0 saturated carbocycles. The molecule has 0 unspecified atom stereocenters. The van der Waals surface area contributed by atoms with E-state index >= 15 is 0 Å². The van der Waals surface area contributed by atoms with Gasteiger partial charge in [0.1, 0.15) is 5.54 Å². The third-order valence-corrected chi connectivity index (χ3v) is 6.26. The molecule has 0 bridgehead atoms. The molecule has 6 nitrogen and oxygen atoms in total. The summed E-state index contributed by atoms with van der Waals surface area (Å²) in [4.78, 5) is 43.9. The van der Waals surface area contributed by atoms with Crippen molar-refractivity contribution in [3.63, 3.8) is 0 Å². The number of carbonyl (C=O) groups is 3. The molecule has 2 aliphatic rings. The Morgan fingerprint density at radius 1 is 0.900 bits per heavy atom. The Kier molecular flexibility index (Phi) is 5.57. The summed E-state index contributed by atoms with van der Waals surface area (Å²) in [5, 5.41) is 0. The molecule has 2 aromatic carbocycles. The summed E-state index contributed by atoms with van der Waals surface area (Å²) in [5.74, 6) is -0.0594. The van der Waals surface area contributed by atoms with Gasteiger partial charge in [0.2, 0.25) is 5.91 Å². The van der Waals surface area contributed by atoms with Gasteiger partial charge in [0.05, 0.1) is 6.42 Å². The number of nitrogens with zero attached hydrogens (tertiary/aromatic N) is 3. The van der Waals surface area contributed by atoms with Crippen molar-refractivity contribution in [3.05, 3.63) is 71.8 Å². The van der Waals surface area contributed by atoms with Gasteiger partial charge in [-0.05, 0) is 30.9 Å². The van der Waals surface area contributed by atoms with Gasteiger partial charge in [-0.15, -0.1) is 0 Å². The minimum absolute atomic E-state index is 0.0646. The molecule has 0 aromatic heterocycles. The van der Waals surface area contributed by atoms with Gasteiger partial charge in [-0.25, -0.2) is 4.79 Å². The highest BCUT2D eigenvalue weighted by atomic mass is 16.2. The van der Waals surface area contributed by atoms with Gasteiger partial charge >= 0.3 is 6.03 Å². The Labute approximate surface area is 177 Å². The molecule has 4 amide bonds. The van der Waals surface area contributed by atoms with Crippen molar-refractivity contribution in [2.75, 3.05) is 19.6 Å². The number of benzene rings is 2. The fourth-order valence-electron chi connectivity index (χ4n) is 4.54. The van der Waals surface area contributed by atoms with Crippen LogP contribution in [0.5, 0.6) is 0 Å². The summed E-state index contributed by atoms with van der Waals surface area (Å²) in [7, 11) is 0. The minimum Gasteiger partial charge on any atom is -0.342 e. The molecule has 0 atom stereocenters. The van der Waals surface area contributed by atoms with E-state index < -0.39 is 5.54 Å². The highest BCUT2D eigenvalue weighted by Gasteiger charge is 2.57. The van der Waals surface area contributed by atoms with Crippen molar-refractivity contribution in [1.29, 1.82) is 0 Å². The number of urea groups is 1. The van der Waals surface area contributed by atoms with Crippen LogP contribution >= 0.6 is 0 Å². The normalized spacial score (nSPS) is 18.4. The maximum absolute atomic E-state index is 13.3. The lowest BCUT2D eigenvalue weighted by atomic mass is 9.85. The van der Waals surface area contributed by atoms with Crippen molar-refractivity contribution in [2.45, 2.75) is 38.3 Å². The summed E-state index contributed by atoms with van der Waals surface area (Å²) in [5.41, 5.74) is 1.13. The first-order chi connectivity index (χ1) is 14.5. The van der Waals surface area contributed by atoms with E-state index in [-0.39, 0.29) is 17.8 Å². The van der Waals surface area contributed by atoms with Gasteiger partial charge in [0.15, 0.2) is 0 Å². The van der Waals surface area contributed by atoms with Crippen LogP contribution in [-0.2, 0) is 22.6 Å². The van der Waals surface area contributed by atoms with Crippen LogP contribution in [0.3, 0.4) is 0 Å². The molecule has 1 spiro atoms. The maximum Gasteiger partial charge on any atom is 0.327 e. The van der Waals surface area contributed by atoms with E-state index in [2.05, 4.69) is 0 Å². The quantitative estimate of drug-likeness (QED) is 0.719. The van der Waals surface area contributed by atoms with Crippen LogP contribution in [0.4, 0.5) is 4.79 Å². The largest absolute Gasteiger partial charge is 0.342 e. The van der Waals surface area contributed by atoms with Crippen LogP contribution in [0, 0.1) is 0 Å². The monoisotopic (exact) mass is 405 g/mol. The second-order valence-corrected chi connectivity index (χ2v) is 7.98. The molecular formula is C24H27N3O3. The van der Waals surface area contributed by atoms with Crippen molar-refractivity contribution in [3.8, 4) is 0 Å². The minimum atomic E-state index is -0.855. The van der Waals surface area contributed by atoms with E-state index in [0.29, 0.717) is 45.4 Å². The van der Waals surface area contributed by atoms with Crippen molar-refractivity contribution >= 4 is 17.8 Å². The molecule has 0 radical (unpaired) electrons. The SMILES string of the molecule is CCN1C(=O)N(Cc2ccccc2)C2(CCN(C(=O)Cc3ccccc3)CC2)C1=O. The molecule has 0 N–H and O–H groups in total. The zero-order valence-electron chi connectivity index (χ0n) is 17.3. The first kappa shape index (κ1) is 20.1. The Morgan fingerprint density at radius 2 is 1.47 bits per heavy atom. The van der Waals surface area contributed by atoms with Crippen LogP contribution in [0.2, 0.25) is 0 Å². The van der Waals surface area contributed by atoms with E-state index in [1.807, 2.05) is 72.5 Å². The number of rotatable bonds is 5. The molecule has 6 heteroatoms. The zero-order valence-corrected chi connectivity index (χ0v) is 17.3. The topological polar surface area (TPSA) is 60.9 Å². The van der Waals surface area contributed by atoms with Crippen LogP contribution in [0.1, 0.15) is 30.9 Å². The smallest absolute Gasteiger partial charge is 0.327 e. The van der Waals surface area contributed by atoms with Crippen molar-refractivity contribution in [2.24, 2.45) is 0 Å². The Hall–Kier alpha value is -3.15. The highest BCUT2D eigenvalue weighted by molar-refractivity contribution is 6.07. The Bertz CT molecular complexity index is 921. The predicted molar refractivity (Wildman–Crippen MR) is 113 cm³/mol. The van der Waals surface area contributed by atoms with E-state index in [1.54, 1.807) is 4.90 Å². The van der Waals surface area contributed by atoms with Gasteiger partial charge in [0.25, 0.3) is 5.91 Å². The summed E-state index contributed by atoms with van der Waals surface area (Å²) < 4.78 is 0. The van der Waals surface area contributed by atoms with Gasteiger partial charge in [-0.2, -0.15) is 0 Å². The average molecular weight is 405 g/mol. The van der Waals surface area contributed by atoms with Crippen molar-refractivity contribution < 1.29 is 14.4 Å². The van der Waals surface area contributed by atoms with Crippen LogP contribution in [0.15, 0.2) is 60.7 Å². The number of likely N-dealkylation sites (tertiary alicyclic amines) is 1. The highest BCUT2D eigenvalue weighted by Crippen LogP contribution is 2.38. The van der Waals surface area contributed by atoms with Crippen LogP contribution < -0.4 is 0 Å². The molecule has 0 aliphatic carbocycles. The van der Waals surface area contributed by atoms with E-state index in [4.69, 9.17) is 0 Å². The predicted octanol–water partition coefficient (Wildman–Crippen LogP) is 3.07. The first-order valence-electron chi connectivity index (χ1n) is 10.5. The first-order valence-corrected chi connectivity index (χ1v) is 10.5. The Balaban J connectivity index is 1.51. The number of hydrogen-bond acceptors (Lipinski definition) is 3. The van der Waals surface area contributed by atoms with E-state index in [9.17, 15) is 14.4 Å². The molecule has 4 rings (SSSR count). The fourth-order valence-corrected chi connectivity index (χ4v) is 4.54. The summed E-state index contributed by atoms with van der Waals surface area (Å²) in [6.45, 7) is 3.55. The van der Waals surface area contributed by atoms with Gasteiger partial charge in [-0.3, -0.25) is 14.5 Å². The Morgan fingerprint density at radius 3 is 2.03 bits per heavy atom. The number of amides is 4. The lowest BCUT2D eigenvalue weighted by Crippen LogP contribution is -2.57. The molecule has 156 valence electrons. The molecule has 2 fully saturated rings. The summed E-state index contributed by atoms with van der Waals surface area (Å²) >= 11 is 0. The lowest BCUT2D eigenvalue weighted by Gasteiger charge is -2.42. The third-order valence-electron chi connectivity index (χ3n) is 6.26. The second-order valence-electron chi connectivity index (χ2n) is 7.98. The lowest BCUT2D eigenvalue weighted by molar-refractivity contribution is -0.140. The van der Waals surface area contributed by atoms with Gasteiger partial charge in [0, 0.05) is 26.2 Å². The molecular weight excluding hydrogens is 378 g/mol. The molecule has 2 aromatic rings. The van der Waals surface area contributed by atoms with Crippen LogP contribution in [0.25, 0.3) is 0 Å². The van der Waals surface area contributed by atoms with Crippen LogP contribution in [-0.4, -0.2) is 57.7 Å². The maximum atomic E-state index is 13.3. The number of carbonyl (C=O) groups excluding carboxylic acids is 3. The standard InChI is InChI=1S/C24H27N3O3/c1-2-26-22(29)24(27(23(26)30)18-20-11-7-4-8-12-20)13-15-25(16-14-24)21(28)17-19-9-5-3-6-10-19/h3-12H,2,13-18H2,1H3. The van der Waals surface area contributed by atoms with E-state index in [1.165, 1.54) is 4.90 Å².